The Hall–Kier alpha value is -1.17. The number of rotatable bonds is 2. The van der Waals surface area contributed by atoms with Crippen molar-refractivity contribution in [3.63, 3.8) is 0 Å². The van der Waals surface area contributed by atoms with E-state index in [1.54, 1.807) is 25.3 Å². The van der Waals surface area contributed by atoms with E-state index in [-0.39, 0.29) is 12.2 Å². The minimum Gasteiger partial charge on any atom is -0.463 e. The molecule has 0 amide bonds. The highest BCUT2D eigenvalue weighted by Gasteiger charge is 2.49. The van der Waals surface area contributed by atoms with Gasteiger partial charge in [-0.2, -0.15) is 5.06 Å². The Balaban J connectivity index is 2.19. The van der Waals surface area contributed by atoms with Crippen LogP contribution in [0.4, 0.5) is 0 Å². The number of hydrogen-bond donors (Lipinski definition) is 0. The van der Waals surface area contributed by atoms with Crippen molar-refractivity contribution in [2.24, 2.45) is 0 Å². The molecule has 2 aliphatic heterocycles. The predicted molar refractivity (Wildman–Crippen MR) is 79.2 cm³/mol. The Labute approximate surface area is 136 Å². The lowest BCUT2D eigenvalue weighted by molar-refractivity contribution is -0.139. The standard InChI is InChI=1S/C13H11Cl3N2O3/c1-2-20-13(19)7-8(14)9(15)12(16)18-11(7)10-6(21-18)4-3-5-17-10/h3-5,8-9,12H,2H2,1H3/t8-,9+,12+/m1/s1. The molecule has 0 saturated carbocycles. The number of aromatic nitrogens is 1. The van der Waals surface area contributed by atoms with Crippen LogP contribution < -0.4 is 4.84 Å². The number of pyridine rings is 1. The van der Waals surface area contributed by atoms with Crippen LogP contribution in [0.1, 0.15) is 12.6 Å². The number of nitrogens with zero attached hydrogens (tertiary/aromatic N) is 2. The van der Waals surface area contributed by atoms with Gasteiger partial charge in [-0.3, -0.25) is 4.98 Å². The molecule has 1 aromatic rings. The maximum absolute atomic E-state index is 12.2. The molecule has 8 heteroatoms. The monoisotopic (exact) mass is 348 g/mol. The first-order valence-corrected chi connectivity index (χ1v) is 7.63. The fraction of sp³-hybridized carbons (Fsp3) is 0.385. The molecule has 3 rings (SSSR count). The SMILES string of the molecule is CCOC(=O)C1=C2c3ncccc3ON2[C@H](Cl)[C@@H](Cl)[C@@H]1Cl. The Morgan fingerprint density at radius 1 is 1.48 bits per heavy atom. The molecule has 2 aliphatic rings. The van der Waals surface area contributed by atoms with Gasteiger partial charge in [-0.05, 0) is 19.1 Å². The first kappa shape index (κ1) is 14.8. The molecular formula is C13H11Cl3N2O3. The maximum Gasteiger partial charge on any atom is 0.337 e. The van der Waals surface area contributed by atoms with Crippen molar-refractivity contribution >= 4 is 46.5 Å². The quantitative estimate of drug-likeness (QED) is 0.467. The van der Waals surface area contributed by atoms with E-state index in [4.69, 9.17) is 44.4 Å². The smallest absolute Gasteiger partial charge is 0.337 e. The molecule has 0 spiro atoms. The molecule has 21 heavy (non-hydrogen) atoms. The summed E-state index contributed by atoms with van der Waals surface area (Å²) in [4.78, 5) is 22.1. The van der Waals surface area contributed by atoms with Crippen molar-refractivity contribution in [3.05, 3.63) is 29.6 Å². The summed E-state index contributed by atoms with van der Waals surface area (Å²) in [7, 11) is 0. The maximum atomic E-state index is 12.2. The third-order valence-electron chi connectivity index (χ3n) is 3.20. The summed E-state index contributed by atoms with van der Waals surface area (Å²) in [6.45, 7) is 1.94. The van der Waals surface area contributed by atoms with Gasteiger partial charge in [0.2, 0.25) is 0 Å². The number of carbonyl (C=O) groups excluding carboxylic acids is 1. The summed E-state index contributed by atoms with van der Waals surface area (Å²) < 4.78 is 5.07. The van der Waals surface area contributed by atoms with Gasteiger partial charge in [0, 0.05) is 6.20 Å². The fourth-order valence-corrected chi connectivity index (χ4v) is 3.21. The Kier molecular flexibility index (Phi) is 3.90. The molecule has 5 nitrogen and oxygen atoms in total. The topological polar surface area (TPSA) is 51.7 Å². The Bertz CT molecular complexity index is 622. The predicted octanol–water partition coefficient (Wildman–Crippen LogP) is 2.76. The van der Waals surface area contributed by atoms with Crippen LogP contribution in [-0.2, 0) is 9.53 Å². The second kappa shape index (κ2) is 5.55. The first-order valence-electron chi connectivity index (χ1n) is 6.32. The van der Waals surface area contributed by atoms with Gasteiger partial charge >= 0.3 is 5.97 Å². The largest absolute Gasteiger partial charge is 0.463 e. The number of esters is 1. The lowest BCUT2D eigenvalue weighted by Gasteiger charge is -2.35. The molecule has 0 unspecified atom stereocenters. The van der Waals surface area contributed by atoms with E-state index in [0.717, 1.165) is 0 Å². The van der Waals surface area contributed by atoms with Gasteiger partial charge in [0.05, 0.1) is 22.9 Å². The van der Waals surface area contributed by atoms with Gasteiger partial charge in [0.25, 0.3) is 0 Å². The van der Waals surface area contributed by atoms with Crippen LogP contribution >= 0.6 is 34.8 Å². The lowest BCUT2D eigenvalue weighted by atomic mass is 10.0. The summed E-state index contributed by atoms with van der Waals surface area (Å²) in [5.74, 6) is -0.0524. The van der Waals surface area contributed by atoms with Crippen LogP contribution in [0, 0.1) is 0 Å². The zero-order valence-corrected chi connectivity index (χ0v) is 13.2. The van der Waals surface area contributed by atoms with E-state index in [9.17, 15) is 4.79 Å². The van der Waals surface area contributed by atoms with Crippen LogP contribution in [0.3, 0.4) is 0 Å². The van der Waals surface area contributed by atoms with Gasteiger partial charge in [-0.15, -0.1) is 23.2 Å². The molecular weight excluding hydrogens is 339 g/mol. The van der Waals surface area contributed by atoms with Gasteiger partial charge in [-0.25, -0.2) is 4.79 Å². The zero-order valence-electron chi connectivity index (χ0n) is 10.9. The average molecular weight is 350 g/mol. The molecule has 0 radical (unpaired) electrons. The zero-order chi connectivity index (χ0) is 15.1. The third-order valence-corrected chi connectivity index (χ3v) is 4.89. The molecule has 0 bridgehead atoms. The fourth-order valence-electron chi connectivity index (χ4n) is 2.29. The number of alkyl halides is 3. The molecule has 1 aromatic heterocycles. The highest BCUT2D eigenvalue weighted by molar-refractivity contribution is 6.38. The number of hydrogen-bond acceptors (Lipinski definition) is 5. The van der Waals surface area contributed by atoms with E-state index >= 15 is 0 Å². The number of hydroxylamine groups is 2. The minimum atomic E-state index is -0.795. The van der Waals surface area contributed by atoms with Crippen molar-refractivity contribution in [3.8, 4) is 5.75 Å². The van der Waals surface area contributed by atoms with Crippen LogP contribution in [0.5, 0.6) is 5.75 Å². The number of halogens is 3. The molecule has 0 aromatic carbocycles. The van der Waals surface area contributed by atoms with Crippen molar-refractivity contribution in [1.82, 2.24) is 10.0 Å². The van der Waals surface area contributed by atoms with Crippen molar-refractivity contribution < 1.29 is 14.4 Å². The summed E-state index contributed by atoms with van der Waals surface area (Å²) in [6.07, 6.45) is 1.60. The number of carbonyl (C=O) groups is 1. The molecule has 3 atom stereocenters. The molecule has 0 saturated heterocycles. The van der Waals surface area contributed by atoms with Gasteiger partial charge in [0.1, 0.15) is 11.4 Å². The Morgan fingerprint density at radius 2 is 2.24 bits per heavy atom. The Morgan fingerprint density at radius 3 is 2.95 bits per heavy atom. The minimum absolute atomic E-state index is 0.216. The van der Waals surface area contributed by atoms with E-state index in [1.165, 1.54) is 5.06 Å². The average Bonchev–Trinajstić information content (AvgIpc) is 2.85. The second-order valence-electron chi connectivity index (χ2n) is 4.47. The molecule has 0 N–H and O–H groups in total. The van der Waals surface area contributed by atoms with Gasteiger partial charge < -0.3 is 9.57 Å². The summed E-state index contributed by atoms with van der Waals surface area (Å²) in [5.41, 5.74) is 0.408. The van der Waals surface area contributed by atoms with E-state index < -0.39 is 22.2 Å². The molecule has 0 aliphatic carbocycles. The summed E-state index contributed by atoms with van der Waals surface area (Å²) in [6, 6.07) is 3.45. The first-order chi connectivity index (χ1) is 10.1. The van der Waals surface area contributed by atoms with Gasteiger partial charge in [0.15, 0.2) is 11.3 Å². The number of fused-ring (bicyclic) bond motifs is 3. The molecule has 0 fully saturated rings. The van der Waals surface area contributed by atoms with Crippen LogP contribution in [0.15, 0.2) is 23.9 Å². The summed E-state index contributed by atoms with van der Waals surface area (Å²) in [5, 5.41) is -0.149. The van der Waals surface area contributed by atoms with Crippen LogP contribution in [0.25, 0.3) is 5.70 Å². The normalized spacial score (nSPS) is 27.0. The lowest BCUT2D eigenvalue weighted by Crippen LogP contribution is -2.47. The van der Waals surface area contributed by atoms with E-state index in [2.05, 4.69) is 4.98 Å². The molecule has 112 valence electrons. The van der Waals surface area contributed by atoms with E-state index in [0.29, 0.717) is 17.1 Å². The highest BCUT2D eigenvalue weighted by Crippen LogP contribution is 2.46. The highest BCUT2D eigenvalue weighted by atomic mass is 35.5. The van der Waals surface area contributed by atoms with E-state index in [1.807, 2.05) is 0 Å². The van der Waals surface area contributed by atoms with Crippen molar-refractivity contribution in [2.45, 2.75) is 23.2 Å². The van der Waals surface area contributed by atoms with Crippen molar-refractivity contribution in [1.29, 1.82) is 0 Å². The molecule has 3 heterocycles. The van der Waals surface area contributed by atoms with Crippen LogP contribution in [0.2, 0.25) is 0 Å². The van der Waals surface area contributed by atoms with Crippen molar-refractivity contribution in [2.75, 3.05) is 6.61 Å². The van der Waals surface area contributed by atoms with Crippen LogP contribution in [-0.4, -0.2) is 38.9 Å². The number of ether oxygens (including phenoxy) is 1. The second-order valence-corrected chi connectivity index (χ2v) is 5.89. The van der Waals surface area contributed by atoms with Gasteiger partial charge in [-0.1, -0.05) is 11.6 Å². The third kappa shape index (κ3) is 2.24. The summed E-state index contributed by atoms with van der Waals surface area (Å²) >= 11 is 18.8.